The number of carbonyl (C=O) groups excluding carboxylic acids is 2. The number of rotatable bonds is 15. The van der Waals surface area contributed by atoms with Gasteiger partial charge in [-0.2, -0.15) is 0 Å². The van der Waals surface area contributed by atoms with Crippen LogP contribution in [0.5, 0.6) is 0 Å². The number of aldehydes is 1. The van der Waals surface area contributed by atoms with Crippen molar-refractivity contribution in [3.8, 4) is 0 Å². The first-order valence-corrected chi connectivity index (χ1v) is 11.5. The number of hydrogen-bond donors (Lipinski definition) is 0. The van der Waals surface area contributed by atoms with Gasteiger partial charge in [-0.25, -0.2) is 0 Å². The predicted octanol–water partition coefficient (Wildman–Crippen LogP) is 7.37. The van der Waals surface area contributed by atoms with Crippen molar-refractivity contribution in [2.45, 2.75) is 92.4 Å². The fraction of sp³-hybridized carbons (Fsp3) is 0.593. The fourth-order valence-electron chi connectivity index (χ4n) is 3.58. The summed E-state index contributed by atoms with van der Waals surface area (Å²) >= 11 is 0. The summed E-state index contributed by atoms with van der Waals surface area (Å²) in [6, 6.07) is 5.99. The van der Waals surface area contributed by atoms with Gasteiger partial charge < -0.3 is 4.79 Å². The zero-order valence-corrected chi connectivity index (χ0v) is 19.7. The van der Waals surface area contributed by atoms with Crippen molar-refractivity contribution < 1.29 is 9.59 Å². The van der Waals surface area contributed by atoms with Gasteiger partial charge in [0.1, 0.15) is 12.1 Å². The van der Waals surface area contributed by atoms with Gasteiger partial charge in [0.25, 0.3) is 0 Å². The Kier molecular flexibility index (Phi) is 12.2. The van der Waals surface area contributed by atoms with Gasteiger partial charge in [-0.15, -0.1) is 0 Å². The molecule has 0 saturated heterocycles. The van der Waals surface area contributed by atoms with Crippen LogP contribution in [-0.4, -0.2) is 17.1 Å². The molecule has 0 saturated carbocycles. The first-order valence-electron chi connectivity index (χ1n) is 11.5. The summed E-state index contributed by atoms with van der Waals surface area (Å²) in [5, 5.41) is 0. The smallest absolute Gasteiger partial charge is 0.138 e. The van der Waals surface area contributed by atoms with E-state index in [1.165, 1.54) is 17.6 Å². The van der Waals surface area contributed by atoms with Crippen molar-refractivity contribution >= 4 is 18.1 Å². The monoisotopic (exact) mass is 411 g/mol. The fourth-order valence-corrected chi connectivity index (χ4v) is 3.58. The van der Waals surface area contributed by atoms with Crippen LogP contribution in [0.4, 0.5) is 0 Å². The molecule has 1 unspecified atom stereocenters. The van der Waals surface area contributed by atoms with E-state index in [0.29, 0.717) is 31.0 Å². The van der Waals surface area contributed by atoms with Gasteiger partial charge in [0.15, 0.2) is 0 Å². The molecule has 0 spiro atoms. The van der Waals surface area contributed by atoms with Crippen molar-refractivity contribution in [1.29, 1.82) is 0 Å². The Morgan fingerprint density at radius 1 is 1.07 bits per heavy atom. The van der Waals surface area contributed by atoms with E-state index in [1.54, 1.807) is 0 Å². The summed E-state index contributed by atoms with van der Waals surface area (Å²) in [6.07, 6.45) is 15.6. The highest BCUT2D eigenvalue weighted by atomic mass is 16.1. The SMILES string of the molecule is C/C(=C\c1ccccn1)CC/C=C(\C)CCCC(C)CCC(=O)C(C)(C)CCC=O. The highest BCUT2D eigenvalue weighted by Crippen LogP contribution is 2.27. The van der Waals surface area contributed by atoms with Crippen molar-refractivity contribution in [2.75, 3.05) is 0 Å². The Morgan fingerprint density at radius 2 is 1.83 bits per heavy atom. The van der Waals surface area contributed by atoms with Crippen LogP contribution in [0.2, 0.25) is 0 Å². The molecule has 0 aliphatic rings. The second kappa shape index (κ2) is 14.1. The molecule has 3 heteroatoms. The number of carbonyl (C=O) groups is 2. The first-order chi connectivity index (χ1) is 14.2. The zero-order valence-electron chi connectivity index (χ0n) is 19.7. The number of Topliss-reactive ketones (excluding diaryl/α,β-unsaturated/α-hetero) is 1. The summed E-state index contributed by atoms with van der Waals surface area (Å²) in [7, 11) is 0. The quantitative estimate of drug-likeness (QED) is 0.223. The van der Waals surface area contributed by atoms with Crippen LogP contribution in [0.1, 0.15) is 98.1 Å². The number of aromatic nitrogens is 1. The van der Waals surface area contributed by atoms with E-state index >= 15 is 0 Å². The van der Waals surface area contributed by atoms with Crippen molar-refractivity contribution in [1.82, 2.24) is 4.98 Å². The minimum atomic E-state index is -0.372. The second-order valence-corrected chi connectivity index (χ2v) is 9.38. The largest absolute Gasteiger partial charge is 0.303 e. The third-order valence-electron chi connectivity index (χ3n) is 5.89. The van der Waals surface area contributed by atoms with E-state index in [2.05, 4.69) is 37.9 Å². The van der Waals surface area contributed by atoms with E-state index in [9.17, 15) is 9.59 Å². The number of nitrogens with zero attached hydrogens (tertiary/aromatic N) is 1. The zero-order chi connectivity index (χ0) is 22.4. The van der Waals surface area contributed by atoms with Gasteiger partial charge in [-0.3, -0.25) is 9.78 Å². The molecule has 1 aromatic heterocycles. The average molecular weight is 412 g/mol. The molecular formula is C27H41NO2. The Balaban J connectivity index is 2.24. The topological polar surface area (TPSA) is 47.0 Å². The van der Waals surface area contributed by atoms with E-state index < -0.39 is 0 Å². The number of pyridine rings is 1. The molecule has 0 N–H and O–H groups in total. The van der Waals surface area contributed by atoms with E-state index in [-0.39, 0.29) is 5.41 Å². The standard InChI is InChI=1S/C27H41NO2/c1-22(12-9-14-24(3)21-25-15-6-7-19-28-25)11-8-13-23(2)16-17-26(30)27(4,5)18-10-20-29/h6-7,12,15,19-21,23H,8-11,13-14,16-18H2,1-5H3/b22-12+,24-21+. The van der Waals surface area contributed by atoms with Crippen LogP contribution in [0, 0.1) is 11.3 Å². The summed E-state index contributed by atoms with van der Waals surface area (Å²) in [5.74, 6) is 0.855. The minimum absolute atomic E-state index is 0.293. The van der Waals surface area contributed by atoms with Gasteiger partial charge in [0.05, 0.1) is 5.69 Å². The lowest BCUT2D eigenvalue weighted by atomic mass is 9.80. The lowest BCUT2D eigenvalue weighted by Gasteiger charge is -2.22. The summed E-state index contributed by atoms with van der Waals surface area (Å²) < 4.78 is 0. The predicted molar refractivity (Wildman–Crippen MR) is 127 cm³/mol. The minimum Gasteiger partial charge on any atom is -0.303 e. The molecule has 0 aliphatic heterocycles. The molecule has 1 atom stereocenters. The van der Waals surface area contributed by atoms with Crippen LogP contribution < -0.4 is 0 Å². The van der Waals surface area contributed by atoms with Crippen LogP contribution in [0.15, 0.2) is 41.6 Å². The molecule has 166 valence electrons. The molecule has 0 fully saturated rings. The summed E-state index contributed by atoms with van der Waals surface area (Å²) in [6.45, 7) is 10.6. The van der Waals surface area contributed by atoms with Crippen molar-refractivity contribution in [2.24, 2.45) is 11.3 Å². The number of hydrogen-bond acceptors (Lipinski definition) is 3. The van der Waals surface area contributed by atoms with Gasteiger partial charge in [-0.1, -0.05) is 50.5 Å². The average Bonchev–Trinajstić information content (AvgIpc) is 2.71. The molecule has 0 amide bonds. The van der Waals surface area contributed by atoms with Crippen molar-refractivity contribution in [3.63, 3.8) is 0 Å². The maximum Gasteiger partial charge on any atom is 0.138 e. The molecule has 1 aromatic rings. The molecular weight excluding hydrogens is 370 g/mol. The second-order valence-electron chi connectivity index (χ2n) is 9.38. The molecule has 0 aliphatic carbocycles. The summed E-state index contributed by atoms with van der Waals surface area (Å²) in [5.41, 5.74) is 3.46. The Labute approximate surface area is 184 Å². The normalized spacial score (nSPS) is 13.9. The van der Waals surface area contributed by atoms with Gasteiger partial charge in [-0.05, 0) is 76.5 Å². The molecule has 0 aromatic carbocycles. The third kappa shape index (κ3) is 11.2. The Bertz CT molecular complexity index is 701. The molecule has 1 rings (SSSR count). The first kappa shape index (κ1) is 26.0. The number of allylic oxidation sites excluding steroid dienone is 3. The van der Waals surface area contributed by atoms with E-state index in [0.717, 1.165) is 44.1 Å². The molecule has 0 bridgehead atoms. The van der Waals surface area contributed by atoms with Gasteiger partial charge in [0, 0.05) is 24.5 Å². The van der Waals surface area contributed by atoms with Crippen LogP contribution in [0.3, 0.4) is 0 Å². The molecule has 1 heterocycles. The maximum atomic E-state index is 12.4. The van der Waals surface area contributed by atoms with Crippen LogP contribution in [-0.2, 0) is 9.59 Å². The van der Waals surface area contributed by atoms with Gasteiger partial charge >= 0.3 is 0 Å². The van der Waals surface area contributed by atoms with E-state index in [4.69, 9.17) is 0 Å². The third-order valence-corrected chi connectivity index (χ3v) is 5.89. The Morgan fingerprint density at radius 3 is 2.50 bits per heavy atom. The lowest BCUT2D eigenvalue weighted by Crippen LogP contribution is -2.24. The summed E-state index contributed by atoms with van der Waals surface area (Å²) in [4.78, 5) is 27.3. The highest BCUT2D eigenvalue weighted by molar-refractivity contribution is 5.84. The highest BCUT2D eigenvalue weighted by Gasteiger charge is 2.26. The maximum absolute atomic E-state index is 12.4. The van der Waals surface area contributed by atoms with Crippen molar-refractivity contribution in [3.05, 3.63) is 47.3 Å². The number of ketones is 1. The Hall–Kier alpha value is -2.03. The van der Waals surface area contributed by atoms with Gasteiger partial charge in [0.2, 0.25) is 0 Å². The van der Waals surface area contributed by atoms with Crippen LogP contribution in [0.25, 0.3) is 6.08 Å². The molecule has 0 radical (unpaired) electrons. The van der Waals surface area contributed by atoms with Crippen LogP contribution >= 0.6 is 0 Å². The van der Waals surface area contributed by atoms with E-state index in [1.807, 2.05) is 38.2 Å². The molecule has 3 nitrogen and oxygen atoms in total. The lowest BCUT2D eigenvalue weighted by molar-refractivity contribution is -0.127. The molecule has 30 heavy (non-hydrogen) atoms.